The van der Waals surface area contributed by atoms with Crippen LogP contribution in [0.1, 0.15) is 42.9 Å². The van der Waals surface area contributed by atoms with Gasteiger partial charge in [0.2, 0.25) is 0 Å². The number of phenolic OH excluding ortho intramolecular Hbond substituents is 2. The summed E-state index contributed by atoms with van der Waals surface area (Å²) in [5.41, 5.74) is 0.305. The quantitative estimate of drug-likeness (QED) is 0.479. The normalized spacial score (nSPS) is 15.9. The van der Waals surface area contributed by atoms with E-state index >= 15 is 0 Å². The second kappa shape index (κ2) is 10.7. The van der Waals surface area contributed by atoms with Crippen molar-refractivity contribution in [2.24, 2.45) is 0 Å². The molecule has 0 saturated carbocycles. The molecule has 12 heteroatoms. The average Bonchev–Trinajstić information content (AvgIpc) is 2.73. The van der Waals surface area contributed by atoms with Gasteiger partial charge in [-0.3, -0.25) is 35.2 Å². The van der Waals surface area contributed by atoms with Gasteiger partial charge in [-0.15, -0.1) is 0 Å². The number of rotatable bonds is 5. The fraction of sp³-hybridized carbons (Fsp3) is 0.429. The van der Waals surface area contributed by atoms with Crippen molar-refractivity contribution in [2.45, 2.75) is 52.6 Å². The lowest BCUT2D eigenvalue weighted by atomic mass is 10.0. The zero-order valence-electron chi connectivity index (χ0n) is 18.6. The second-order valence-electron chi connectivity index (χ2n) is 8.01. The maximum Gasteiger partial charge on any atom is 0.324 e. The van der Waals surface area contributed by atoms with Gasteiger partial charge in [-0.05, 0) is 45.7 Å². The van der Waals surface area contributed by atoms with E-state index in [0.29, 0.717) is 23.9 Å². The van der Waals surface area contributed by atoms with E-state index in [1.807, 2.05) is 13.0 Å². The van der Waals surface area contributed by atoms with Crippen LogP contribution in [0.15, 0.2) is 24.3 Å². The molecular weight excluding hydrogens is 436 g/mol. The van der Waals surface area contributed by atoms with E-state index in [-0.39, 0.29) is 0 Å². The summed E-state index contributed by atoms with van der Waals surface area (Å²) in [6.45, 7) is 8.41. The topological polar surface area (TPSA) is 173 Å². The molecule has 1 atom stereocenters. The molecule has 1 aliphatic heterocycles. The maximum atomic E-state index is 10.4. The number of nitrogens with zero attached hydrogens (tertiary/aromatic N) is 4. The van der Waals surface area contributed by atoms with Crippen LogP contribution < -0.4 is 0 Å². The first-order chi connectivity index (χ1) is 15.4. The molecule has 3 rings (SSSR count). The molecule has 1 fully saturated rings. The number of benzene rings is 2. The number of piperidine rings is 1. The summed E-state index contributed by atoms with van der Waals surface area (Å²) in [4.78, 5) is 30.3. The van der Waals surface area contributed by atoms with Gasteiger partial charge in [0.15, 0.2) is 0 Å². The molecular formula is C21H26N4O8. The van der Waals surface area contributed by atoms with E-state index in [9.17, 15) is 35.4 Å². The minimum absolute atomic E-state index is 0.447. The monoisotopic (exact) mass is 462 g/mol. The summed E-state index contributed by atoms with van der Waals surface area (Å²) in [6.07, 6.45) is 3.91. The Morgan fingerprint density at radius 1 is 0.909 bits per heavy atom. The Bertz CT molecular complexity index is 1040. The summed E-state index contributed by atoms with van der Waals surface area (Å²) in [5.74, 6) is -0.728. The van der Waals surface area contributed by atoms with Crippen molar-refractivity contribution in [1.82, 2.24) is 4.90 Å². The van der Waals surface area contributed by atoms with Crippen LogP contribution in [0.2, 0.25) is 0 Å². The van der Waals surface area contributed by atoms with Crippen LogP contribution in [0.5, 0.6) is 11.5 Å². The van der Waals surface area contributed by atoms with Gasteiger partial charge in [0.05, 0.1) is 26.9 Å². The molecule has 0 aromatic heterocycles. The van der Waals surface area contributed by atoms with Gasteiger partial charge < -0.3 is 10.2 Å². The maximum absolute atomic E-state index is 10.4. The average molecular weight is 462 g/mol. The van der Waals surface area contributed by atoms with Crippen LogP contribution in [0.4, 0.5) is 17.1 Å². The van der Waals surface area contributed by atoms with Crippen LogP contribution in [-0.4, -0.2) is 42.5 Å². The van der Waals surface area contributed by atoms with E-state index in [4.69, 9.17) is 5.11 Å². The van der Waals surface area contributed by atoms with E-state index in [2.05, 4.69) is 24.8 Å². The molecule has 0 spiro atoms. The van der Waals surface area contributed by atoms with Gasteiger partial charge >= 0.3 is 11.4 Å². The highest BCUT2D eigenvalue weighted by Gasteiger charge is 2.30. The smallest absolute Gasteiger partial charge is 0.324 e. The van der Waals surface area contributed by atoms with Crippen molar-refractivity contribution >= 4 is 17.1 Å². The lowest BCUT2D eigenvalue weighted by molar-refractivity contribution is -0.404. The molecule has 1 heterocycles. The zero-order valence-corrected chi connectivity index (χ0v) is 18.6. The molecule has 2 N–H and O–H groups in total. The summed E-state index contributed by atoms with van der Waals surface area (Å²) < 4.78 is 0. The Morgan fingerprint density at radius 2 is 1.48 bits per heavy atom. The van der Waals surface area contributed by atoms with Crippen molar-refractivity contribution in [2.75, 3.05) is 6.54 Å². The molecule has 1 saturated heterocycles. The van der Waals surface area contributed by atoms with Gasteiger partial charge in [0.25, 0.3) is 11.4 Å². The number of nitro benzene ring substituents is 3. The summed E-state index contributed by atoms with van der Waals surface area (Å²) >= 11 is 0. The third-order valence-corrected chi connectivity index (χ3v) is 5.50. The van der Waals surface area contributed by atoms with Crippen LogP contribution >= 0.6 is 0 Å². The van der Waals surface area contributed by atoms with Crippen LogP contribution in [0.25, 0.3) is 0 Å². The Kier molecular flexibility index (Phi) is 8.24. The minimum atomic E-state index is -1.21. The predicted octanol–water partition coefficient (Wildman–Crippen LogP) is 4.50. The molecule has 2 aromatic rings. The standard InChI is InChI=1S/C15H23NO.C6H3N3O7/c1-11-8-12(2)15(17)14(9-11)10-16-7-5-4-6-13(16)3;10-6-4(8(13)14)1-3(7(11)12)2-5(6)9(15)16/h8-9,13,17H,4-7,10H2,1-3H3;1-2,10H. The molecule has 2 aromatic carbocycles. The van der Waals surface area contributed by atoms with Crippen LogP contribution in [-0.2, 0) is 6.54 Å². The third-order valence-electron chi connectivity index (χ3n) is 5.50. The Labute approximate surface area is 189 Å². The Balaban J connectivity index is 0.000000234. The predicted molar refractivity (Wildman–Crippen MR) is 119 cm³/mol. The SMILES string of the molecule is Cc1cc(C)c(O)c(CN2CCCCC2C)c1.O=[N+]([O-])c1cc([N+](=O)[O-])c(O)c([N+](=O)[O-])c1. The molecule has 1 aliphatic rings. The molecule has 0 aliphatic carbocycles. The van der Waals surface area contributed by atoms with E-state index < -0.39 is 37.6 Å². The number of aryl methyl sites for hydroxylation is 2. The highest BCUT2D eigenvalue weighted by molar-refractivity contribution is 5.64. The number of likely N-dealkylation sites (tertiary alicyclic amines) is 1. The lowest BCUT2D eigenvalue weighted by Gasteiger charge is -2.33. The molecule has 0 bridgehead atoms. The van der Waals surface area contributed by atoms with Gasteiger partial charge in [-0.2, -0.15) is 0 Å². The number of nitro groups is 3. The van der Waals surface area contributed by atoms with Crippen molar-refractivity contribution in [3.63, 3.8) is 0 Å². The van der Waals surface area contributed by atoms with E-state index in [1.165, 1.54) is 24.8 Å². The first-order valence-electron chi connectivity index (χ1n) is 10.3. The molecule has 178 valence electrons. The first kappa shape index (κ1) is 25.5. The number of phenols is 2. The van der Waals surface area contributed by atoms with Gasteiger partial charge in [-0.1, -0.05) is 24.1 Å². The minimum Gasteiger partial charge on any atom is -0.507 e. The Hall–Kier alpha value is -3.80. The second-order valence-corrected chi connectivity index (χ2v) is 8.01. The summed E-state index contributed by atoms with van der Waals surface area (Å²) in [7, 11) is 0. The third kappa shape index (κ3) is 6.35. The van der Waals surface area contributed by atoms with Crippen molar-refractivity contribution in [3.8, 4) is 11.5 Å². The van der Waals surface area contributed by atoms with E-state index in [0.717, 1.165) is 24.2 Å². The van der Waals surface area contributed by atoms with Crippen LogP contribution in [0.3, 0.4) is 0 Å². The largest absolute Gasteiger partial charge is 0.507 e. The fourth-order valence-corrected chi connectivity index (χ4v) is 3.75. The number of non-ortho nitro benzene ring substituents is 1. The van der Waals surface area contributed by atoms with Gasteiger partial charge in [0, 0.05) is 18.2 Å². The number of aromatic hydroxyl groups is 2. The van der Waals surface area contributed by atoms with Crippen molar-refractivity contribution < 1.29 is 25.0 Å². The molecule has 33 heavy (non-hydrogen) atoms. The fourth-order valence-electron chi connectivity index (χ4n) is 3.75. The van der Waals surface area contributed by atoms with Gasteiger partial charge in [-0.25, -0.2) is 0 Å². The highest BCUT2D eigenvalue weighted by Crippen LogP contribution is 2.39. The van der Waals surface area contributed by atoms with Gasteiger partial charge in [0.1, 0.15) is 5.75 Å². The number of hydrogen-bond acceptors (Lipinski definition) is 9. The molecule has 0 radical (unpaired) electrons. The molecule has 0 amide bonds. The van der Waals surface area contributed by atoms with Crippen molar-refractivity contribution in [1.29, 1.82) is 0 Å². The van der Waals surface area contributed by atoms with Crippen molar-refractivity contribution in [3.05, 3.63) is 71.3 Å². The Morgan fingerprint density at radius 3 is 1.97 bits per heavy atom. The first-order valence-corrected chi connectivity index (χ1v) is 10.3. The summed E-state index contributed by atoms with van der Waals surface area (Å²) in [6, 6.07) is 5.69. The highest BCUT2D eigenvalue weighted by atomic mass is 16.6. The van der Waals surface area contributed by atoms with Crippen LogP contribution in [0, 0.1) is 44.2 Å². The van der Waals surface area contributed by atoms with E-state index in [1.54, 1.807) is 0 Å². The molecule has 1 unspecified atom stereocenters. The number of hydrogen-bond donors (Lipinski definition) is 2. The summed E-state index contributed by atoms with van der Waals surface area (Å²) in [5, 5.41) is 50.3. The zero-order chi connectivity index (χ0) is 24.9. The molecule has 12 nitrogen and oxygen atoms in total. The lowest BCUT2D eigenvalue weighted by Crippen LogP contribution is -2.36.